The fourth-order valence-electron chi connectivity index (χ4n) is 3.70. The molecule has 4 aromatic rings. The fourth-order valence-corrected chi connectivity index (χ4v) is 4.72. The Bertz CT molecular complexity index is 1440. The predicted octanol–water partition coefficient (Wildman–Crippen LogP) is 4.35. The van der Waals surface area contributed by atoms with Crippen LogP contribution in [0.25, 0.3) is 21.9 Å². The molecule has 0 amide bonds. The number of nitrogens with zero attached hydrogens (tertiary/aromatic N) is 1. The number of aryl methyl sites for hydroxylation is 1. The molecule has 0 saturated heterocycles. The van der Waals surface area contributed by atoms with Crippen molar-refractivity contribution in [2.75, 3.05) is 13.2 Å². The maximum Gasteiger partial charge on any atom is 0.346 e. The summed E-state index contributed by atoms with van der Waals surface area (Å²) in [6.07, 6.45) is 1.91. The van der Waals surface area contributed by atoms with Crippen LogP contribution < -0.4 is 15.0 Å². The lowest BCUT2D eigenvalue weighted by molar-refractivity contribution is 0.0701. The standard InChI is InChI=1S/C24H18N2O5S/c1-13-19-22(27)25-21(26-23(19)32-20(13)24(28)29)16(15-5-3-2-4-6-15)11-14-7-8-17-18(12-14)31-10-9-30-17/h2-8,11-12H,9-10H2,1H3,(H,28,29)(H,25,26,27)/b16-11+. The van der Waals surface area contributed by atoms with Crippen LogP contribution in [0.3, 0.4) is 0 Å². The van der Waals surface area contributed by atoms with E-state index in [4.69, 9.17) is 9.47 Å². The molecule has 0 aliphatic carbocycles. The summed E-state index contributed by atoms with van der Waals surface area (Å²) in [7, 11) is 0. The second kappa shape index (κ2) is 7.97. The highest BCUT2D eigenvalue weighted by atomic mass is 32.1. The third kappa shape index (κ3) is 3.54. The van der Waals surface area contributed by atoms with Crippen LogP contribution in [0.1, 0.15) is 32.2 Å². The van der Waals surface area contributed by atoms with Crippen LogP contribution in [0.4, 0.5) is 0 Å². The summed E-state index contributed by atoms with van der Waals surface area (Å²) < 4.78 is 11.3. The summed E-state index contributed by atoms with van der Waals surface area (Å²) in [5.41, 5.74) is 2.47. The van der Waals surface area contributed by atoms with Crippen molar-refractivity contribution in [1.82, 2.24) is 9.97 Å². The number of aromatic amines is 1. The molecule has 2 aromatic heterocycles. The van der Waals surface area contributed by atoms with Gasteiger partial charge in [0.05, 0.1) is 5.39 Å². The number of ether oxygens (including phenoxy) is 2. The third-order valence-electron chi connectivity index (χ3n) is 5.21. The molecule has 0 radical (unpaired) electrons. The molecule has 32 heavy (non-hydrogen) atoms. The first kappa shape index (κ1) is 20.0. The smallest absolute Gasteiger partial charge is 0.346 e. The van der Waals surface area contributed by atoms with Gasteiger partial charge < -0.3 is 19.6 Å². The Kier molecular flexibility index (Phi) is 4.99. The summed E-state index contributed by atoms with van der Waals surface area (Å²) in [5, 5.41) is 9.75. The van der Waals surface area contributed by atoms with Gasteiger partial charge in [-0.1, -0.05) is 36.4 Å². The number of hydrogen-bond acceptors (Lipinski definition) is 6. The maximum atomic E-state index is 12.9. The molecule has 160 valence electrons. The predicted molar refractivity (Wildman–Crippen MR) is 123 cm³/mol. The molecule has 5 rings (SSSR count). The van der Waals surface area contributed by atoms with E-state index in [0.717, 1.165) is 22.5 Å². The number of thiophene rings is 1. The van der Waals surface area contributed by atoms with E-state index in [1.54, 1.807) is 6.92 Å². The molecular formula is C24H18N2O5S. The SMILES string of the molecule is Cc1c(C(=O)O)sc2nc(/C(=C/c3ccc4c(c3)OCCO4)c3ccccc3)[nH]c(=O)c12. The maximum absolute atomic E-state index is 12.9. The number of carbonyl (C=O) groups is 1. The van der Waals surface area contributed by atoms with Gasteiger partial charge in [0.2, 0.25) is 0 Å². The minimum Gasteiger partial charge on any atom is -0.486 e. The summed E-state index contributed by atoms with van der Waals surface area (Å²) in [4.78, 5) is 32.4. The molecule has 0 spiro atoms. The highest BCUT2D eigenvalue weighted by Gasteiger charge is 2.20. The van der Waals surface area contributed by atoms with Crippen LogP contribution >= 0.6 is 11.3 Å². The number of hydrogen-bond donors (Lipinski definition) is 2. The van der Waals surface area contributed by atoms with Crippen LogP contribution in [0.2, 0.25) is 0 Å². The van der Waals surface area contributed by atoms with Crippen LogP contribution in [0.5, 0.6) is 11.5 Å². The molecule has 0 saturated carbocycles. The highest BCUT2D eigenvalue weighted by Crippen LogP contribution is 2.33. The van der Waals surface area contributed by atoms with Crippen LogP contribution in [0, 0.1) is 6.92 Å². The number of carboxylic acids is 1. The van der Waals surface area contributed by atoms with E-state index in [2.05, 4.69) is 9.97 Å². The van der Waals surface area contributed by atoms with E-state index in [0.29, 0.717) is 51.9 Å². The van der Waals surface area contributed by atoms with Gasteiger partial charge in [0.15, 0.2) is 11.5 Å². The molecule has 2 N–H and O–H groups in total. The minimum atomic E-state index is -1.07. The van der Waals surface area contributed by atoms with Crippen molar-refractivity contribution < 1.29 is 19.4 Å². The Morgan fingerprint density at radius 3 is 2.62 bits per heavy atom. The molecule has 0 atom stereocenters. The van der Waals surface area contributed by atoms with Gasteiger partial charge >= 0.3 is 5.97 Å². The van der Waals surface area contributed by atoms with E-state index < -0.39 is 5.97 Å². The molecule has 0 bridgehead atoms. The monoisotopic (exact) mass is 446 g/mol. The number of rotatable bonds is 4. The first-order valence-electron chi connectivity index (χ1n) is 9.95. The molecule has 2 aromatic carbocycles. The van der Waals surface area contributed by atoms with Gasteiger partial charge in [0.1, 0.15) is 28.7 Å². The quantitative estimate of drug-likeness (QED) is 0.452. The van der Waals surface area contributed by atoms with Crippen LogP contribution in [-0.2, 0) is 0 Å². The summed E-state index contributed by atoms with van der Waals surface area (Å²) in [6, 6.07) is 15.2. The highest BCUT2D eigenvalue weighted by molar-refractivity contribution is 7.20. The van der Waals surface area contributed by atoms with Gasteiger partial charge in [-0.3, -0.25) is 4.79 Å². The van der Waals surface area contributed by atoms with E-state index in [1.807, 2.05) is 54.6 Å². The lowest BCUT2D eigenvalue weighted by Gasteiger charge is -2.18. The first-order valence-corrected chi connectivity index (χ1v) is 10.8. The number of carboxylic acid groups (broad SMARTS) is 1. The Balaban J connectivity index is 1.70. The average molecular weight is 446 g/mol. The van der Waals surface area contributed by atoms with Crippen LogP contribution in [-0.4, -0.2) is 34.3 Å². The van der Waals surface area contributed by atoms with Gasteiger partial charge in [-0.05, 0) is 41.8 Å². The van der Waals surface area contributed by atoms with Crippen molar-refractivity contribution >= 4 is 39.2 Å². The number of H-pyrrole nitrogens is 1. The Labute approximate surface area is 186 Å². The summed E-state index contributed by atoms with van der Waals surface area (Å²) in [5.74, 6) is 0.649. The molecule has 0 fully saturated rings. The fraction of sp³-hybridized carbons (Fsp3) is 0.125. The van der Waals surface area contributed by atoms with Crippen molar-refractivity contribution in [3.05, 3.63) is 86.3 Å². The second-order valence-corrected chi connectivity index (χ2v) is 8.28. The largest absolute Gasteiger partial charge is 0.486 e. The van der Waals surface area contributed by atoms with Crippen molar-refractivity contribution in [3.8, 4) is 11.5 Å². The molecule has 8 heteroatoms. The molecule has 1 aliphatic rings. The first-order chi connectivity index (χ1) is 15.5. The third-order valence-corrected chi connectivity index (χ3v) is 6.39. The zero-order valence-corrected chi connectivity index (χ0v) is 17.9. The Hall–Kier alpha value is -3.91. The minimum absolute atomic E-state index is 0.118. The van der Waals surface area contributed by atoms with Gasteiger partial charge in [-0.15, -0.1) is 11.3 Å². The number of benzene rings is 2. The number of aromatic carboxylic acids is 1. The Morgan fingerprint density at radius 2 is 1.88 bits per heavy atom. The van der Waals surface area contributed by atoms with Gasteiger partial charge in [0.25, 0.3) is 5.56 Å². The summed E-state index contributed by atoms with van der Waals surface area (Å²) >= 11 is 1.00. The van der Waals surface area contributed by atoms with Gasteiger partial charge in [-0.2, -0.15) is 0 Å². The van der Waals surface area contributed by atoms with E-state index >= 15 is 0 Å². The summed E-state index contributed by atoms with van der Waals surface area (Å²) in [6.45, 7) is 2.63. The van der Waals surface area contributed by atoms with Crippen molar-refractivity contribution in [3.63, 3.8) is 0 Å². The lowest BCUT2D eigenvalue weighted by Crippen LogP contribution is -2.15. The van der Waals surface area contributed by atoms with E-state index in [-0.39, 0.29) is 10.4 Å². The van der Waals surface area contributed by atoms with Crippen molar-refractivity contribution in [2.24, 2.45) is 0 Å². The normalized spacial score (nSPS) is 13.3. The lowest BCUT2D eigenvalue weighted by atomic mass is 10.0. The molecular weight excluding hydrogens is 428 g/mol. The van der Waals surface area contributed by atoms with Crippen LogP contribution in [0.15, 0.2) is 53.3 Å². The molecule has 0 unspecified atom stereocenters. The topological polar surface area (TPSA) is 102 Å². The number of aromatic nitrogens is 2. The van der Waals surface area contributed by atoms with Crippen molar-refractivity contribution in [1.29, 1.82) is 0 Å². The van der Waals surface area contributed by atoms with E-state index in [9.17, 15) is 14.7 Å². The molecule has 7 nitrogen and oxygen atoms in total. The van der Waals surface area contributed by atoms with Gasteiger partial charge in [-0.25, -0.2) is 9.78 Å². The zero-order chi connectivity index (χ0) is 22.2. The zero-order valence-electron chi connectivity index (χ0n) is 17.0. The molecule has 3 heterocycles. The van der Waals surface area contributed by atoms with Gasteiger partial charge in [0, 0.05) is 5.57 Å². The average Bonchev–Trinajstić information content (AvgIpc) is 3.15. The molecule has 1 aliphatic heterocycles. The van der Waals surface area contributed by atoms with E-state index in [1.165, 1.54) is 0 Å². The van der Waals surface area contributed by atoms with Crippen molar-refractivity contribution in [2.45, 2.75) is 6.92 Å². The second-order valence-electron chi connectivity index (χ2n) is 7.28. The number of fused-ring (bicyclic) bond motifs is 2. The Morgan fingerprint density at radius 1 is 1.12 bits per heavy atom. The number of nitrogens with one attached hydrogen (secondary N) is 1.